The second-order valence-electron chi connectivity index (χ2n) is 15.8. The molecular formula is C52H30O18. The van der Waals surface area contributed by atoms with Gasteiger partial charge in [-0.05, 0) is 163 Å². The lowest BCUT2D eigenvalue weighted by atomic mass is 9.84. The van der Waals surface area contributed by atoms with Crippen LogP contribution in [0.25, 0.3) is 77.2 Å². The smallest absolute Gasteiger partial charge is 0.335 e. The van der Waals surface area contributed by atoms with Crippen molar-refractivity contribution in [2.45, 2.75) is 0 Å². The van der Waals surface area contributed by atoms with E-state index in [0.29, 0.717) is 0 Å². The first-order valence-corrected chi connectivity index (χ1v) is 20.2. The van der Waals surface area contributed by atoms with Crippen molar-refractivity contribution >= 4 is 69.3 Å². The third kappa shape index (κ3) is 8.48. The van der Waals surface area contributed by atoms with Crippen molar-refractivity contribution in [3.63, 3.8) is 0 Å². The minimum atomic E-state index is -1.50. The second-order valence-corrected chi connectivity index (χ2v) is 15.8. The van der Waals surface area contributed by atoms with Crippen LogP contribution in [0.3, 0.4) is 0 Å². The standard InChI is InChI=1S/C52H30O18/c53-41-19-37(25-9-31(49(63)64)15-32(10-25)50(65)66)39-17-21(23-5-27(45(55)56)13-28(6-23)46(57)58)1-3-35(39)43(41)44-36-4-2-22(24-7-29(47(59)60)14-30(8-24)48(61)62)18-40(36)38(20-42(44)54)26-11-33(51(67)68)16-34(12-26)52(69)70/h1-20,53-54H,(H,55,56)(H,57,58)(H,59,60)(H,61,62)(H,63,64)(H,65,66)(H,67,68)(H,69,70). The van der Waals surface area contributed by atoms with Crippen molar-refractivity contribution < 1.29 is 89.4 Å². The molecule has 0 aliphatic heterocycles. The Bertz CT molecular complexity index is 3340. The number of aromatic hydroxyl groups is 2. The van der Waals surface area contributed by atoms with Crippen LogP contribution < -0.4 is 0 Å². The fourth-order valence-corrected chi connectivity index (χ4v) is 8.32. The third-order valence-corrected chi connectivity index (χ3v) is 11.5. The van der Waals surface area contributed by atoms with Gasteiger partial charge in [-0.25, -0.2) is 38.4 Å². The number of aromatic carboxylic acids is 8. The summed E-state index contributed by atoms with van der Waals surface area (Å²) in [6, 6.07) is 23.9. The maximum Gasteiger partial charge on any atom is 0.335 e. The zero-order valence-corrected chi connectivity index (χ0v) is 35.3. The lowest BCUT2D eigenvalue weighted by Crippen LogP contribution is -2.04. The van der Waals surface area contributed by atoms with Gasteiger partial charge in [-0.15, -0.1) is 0 Å². The van der Waals surface area contributed by atoms with Gasteiger partial charge in [-0.2, -0.15) is 0 Å². The van der Waals surface area contributed by atoms with Gasteiger partial charge < -0.3 is 51.1 Å². The highest BCUT2D eigenvalue weighted by Gasteiger charge is 2.26. The summed E-state index contributed by atoms with van der Waals surface area (Å²) in [5, 5.41) is 104. The molecule has 0 aliphatic rings. The van der Waals surface area contributed by atoms with Crippen LogP contribution in [0.1, 0.15) is 82.9 Å². The quantitative estimate of drug-likeness (QED) is 0.0514. The molecule has 0 bridgehead atoms. The van der Waals surface area contributed by atoms with Crippen LogP contribution in [0, 0.1) is 0 Å². The van der Waals surface area contributed by atoms with Crippen molar-refractivity contribution in [2.24, 2.45) is 0 Å². The number of phenolic OH excluding ortho intramolecular Hbond substituents is 2. The molecule has 0 heterocycles. The summed E-state index contributed by atoms with van der Waals surface area (Å²) in [6.07, 6.45) is 0. The maximum atomic E-state index is 12.3. The van der Waals surface area contributed by atoms with Gasteiger partial charge in [0.2, 0.25) is 0 Å². The fraction of sp³-hybridized carbons (Fsp3) is 0. The van der Waals surface area contributed by atoms with Gasteiger partial charge in [0.15, 0.2) is 0 Å². The number of hydrogen-bond donors (Lipinski definition) is 10. The van der Waals surface area contributed by atoms with E-state index >= 15 is 0 Å². The Morgan fingerprint density at radius 2 is 0.471 bits per heavy atom. The van der Waals surface area contributed by atoms with E-state index in [4.69, 9.17) is 0 Å². The number of hydrogen-bond acceptors (Lipinski definition) is 10. The van der Waals surface area contributed by atoms with Crippen LogP contribution in [-0.2, 0) is 0 Å². The highest BCUT2D eigenvalue weighted by atomic mass is 16.4. The summed E-state index contributed by atoms with van der Waals surface area (Å²) < 4.78 is 0. The minimum absolute atomic E-state index is 0.0125. The maximum absolute atomic E-state index is 12.3. The Balaban J connectivity index is 1.51. The first kappa shape index (κ1) is 46.2. The topological polar surface area (TPSA) is 339 Å². The van der Waals surface area contributed by atoms with Gasteiger partial charge >= 0.3 is 47.8 Å². The average Bonchev–Trinajstić information content (AvgIpc) is 3.32. The molecule has 8 rings (SSSR count). The van der Waals surface area contributed by atoms with E-state index in [9.17, 15) is 89.4 Å². The number of benzene rings is 8. The molecule has 0 aromatic heterocycles. The van der Waals surface area contributed by atoms with Crippen LogP contribution in [0.4, 0.5) is 0 Å². The summed E-state index contributed by atoms with van der Waals surface area (Å²) in [7, 11) is 0. The Hall–Kier alpha value is -10.4. The predicted molar refractivity (Wildman–Crippen MR) is 248 cm³/mol. The van der Waals surface area contributed by atoms with Crippen molar-refractivity contribution in [1.29, 1.82) is 0 Å². The molecule has 0 fully saturated rings. The summed E-state index contributed by atoms with van der Waals surface area (Å²) in [5.41, 5.74) is -3.18. The molecule has 0 amide bonds. The van der Waals surface area contributed by atoms with Crippen LogP contribution in [0.15, 0.2) is 121 Å². The largest absolute Gasteiger partial charge is 0.507 e. The molecule has 0 atom stereocenters. The normalized spacial score (nSPS) is 11.0. The van der Waals surface area contributed by atoms with E-state index < -0.39 is 104 Å². The van der Waals surface area contributed by atoms with Gasteiger partial charge in [0.1, 0.15) is 11.5 Å². The van der Waals surface area contributed by atoms with Crippen molar-refractivity contribution in [3.8, 4) is 67.1 Å². The number of rotatable bonds is 13. The van der Waals surface area contributed by atoms with Crippen molar-refractivity contribution in [3.05, 3.63) is 166 Å². The first-order chi connectivity index (χ1) is 33.1. The molecule has 70 heavy (non-hydrogen) atoms. The van der Waals surface area contributed by atoms with Gasteiger partial charge in [-0.3, -0.25) is 0 Å². The molecule has 8 aromatic carbocycles. The van der Waals surface area contributed by atoms with Gasteiger partial charge in [0.25, 0.3) is 0 Å². The van der Waals surface area contributed by atoms with Crippen LogP contribution >= 0.6 is 0 Å². The van der Waals surface area contributed by atoms with E-state index in [-0.39, 0.29) is 77.2 Å². The van der Waals surface area contributed by atoms with E-state index in [1.807, 2.05) is 0 Å². The summed E-state index contributed by atoms with van der Waals surface area (Å²) in [6.45, 7) is 0. The molecule has 8 aromatic rings. The fourth-order valence-electron chi connectivity index (χ4n) is 8.32. The Morgan fingerprint density at radius 1 is 0.243 bits per heavy atom. The molecule has 346 valence electrons. The minimum Gasteiger partial charge on any atom is -0.507 e. The number of carboxylic acids is 8. The second kappa shape index (κ2) is 17.5. The molecule has 0 saturated heterocycles. The highest BCUT2D eigenvalue weighted by molar-refractivity contribution is 6.17. The molecule has 0 spiro atoms. The highest BCUT2D eigenvalue weighted by Crippen LogP contribution is 2.51. The summed E-state index contributed by atoms with van der Waals surface area (Å²) in [5.74, 6) is -13.0. The van der Waals surface area contributed by atoms with Crippen LogP contribution in [0.2, 0.25) is 0 Å². The van der Waals surface area contributed by atoms with Gasteiger partial charge in [0.05, 0.1) is 44.5 Å². The monoisotopic (exact) mass is 942 g/mol. The first-order valence-electron chi connectivity index (χ1n) is 20.2. The molecular weight excluding hydrogens is 913 g/mol. The molecule has 18 heteroatoms. The van der Waals surface area contributed by atoms with Crippen molar-refractivity contribution in [2.75, 3.05) is 0 Å². The Morgan fingerprint density at radius 3 is 0.700 bits per heavy atom. The van der Waals surface area contributed by atoms with Crippen molar-refractivity contribution in [1.82, 2.24) is 0 Å². The Labute approximate surface area is 390 Å². The van der Waals surface area contributed by atoms with Gasteiger partial charge in [0, 0.05) is 11.1 Å². The molecule has 0 aliphatic carbocycles. The number of phenols is 2. The predicted octanol–water partition coefficient (Wildman–Crippen LogP) is 9.32. The summed E-state index contributed by atoms with van der Waals surface area (Å²) >= 11 is 0. The Kier molecular flexibility index (Phi) is 11.5. The zero-order valence-electron chi connectivity index (χ0n) is 35.3. The molecule has 18 nitrogen and oxygen atoms in total. The number of fused-ring (bicyclic) bond motifs is 2. The number of carboxylic acid groups (broad SMARTS) is 8. The molecule has 10 N–H and O–H groups in total. The van der Waals surface area contributed by atoms with E-state index in [1.54, 1.807) is 0 Å². The summed E-state index contributed by atoms with van der Waals surface area (Å²) in [4.78, 5) is 97.5. The molecule has 0 radical (unpaired) electrons. The lowest BCUT2D eigenvalue weighted by molar-refractivity contribution is 0.0676. The lowest BCUT2D eigenvalue weighted by Gasteiger charge is -2.20. The molecule has 0 unspecified atom stereocenters. The SMILES string of the molecule is O=C(O)c1cc(C(=O)O)cc(-c2ccc3c(-c4c(O)cc(-c5cc(C(=O)O)cc(C(=O)O)c5)c5cc(-c6cc(C(=O)O)cc(C(=O)O)c6)ccc45)c(O)cc(-c4cc(C(=O)O)cc(C(=O)O)c4)c3c2)c1. The zero-order chi connectivity index (χ0) is 50.6. The van der Waals surface area contributed by atoms with Crippen LogP contribution in [-0.4, -0.2) is 98.8 Å². The molecule has 0 saturated carbocycles. The van der Waals surface area contributed by atoms with E-state index in [0.717, 1.165) is 60.7 Å². The van der Waals surface area contributed by atoms with Crippen LogP contribution in [0.5, 0.6) is 11.5 Å². The average molecular weight is 943 g/mol. The van der Waals surface area contributed by atoms with E-state index in [1.165, 1.54) is 60.7 Å². The van der Waals surface area contributed by atoms with E-state index in [2.05, 4.69) is 0 Å². The van der Waals surface area contributed by atoms with Gasteiger partial charge in [-0.1, -0.05) is 24.3 Å². The number of carbonyl (C=O) groups is 8. The third-order valence-electron chi connectivity index (χ3n) is 11.5.